The lowest BCUT2D eigenvalue weighted by atomic mass is 10.1. The number of anilines is 1. The molecule has 1 aliphatic carbocycles. The van der Waals surface area contributed by atoms with Crippen LogP contribution in [0.25, 0.3) is 6.08 Å². The van der Waals surface area contributed by atoms with Crippen LogP contribution < -0.4 is 15.6 Å². The third kappa shape index (κ3) is 6.31. The van der Waals surface area contributed by atoms with Gasteiger partial charge in [0.25, 0.3) is 0 Å². The van der Waals surface area contributed by atoms with E-state index in [0.29, 0.717) is 5.11 Å². The van der Waals surface area contributed by atoms with Gasteiger partial charge in [-0.2, -0.15) is 5.10 Å². The second kappa shape index (κ2) is 11.9. The van der Waals surface area contributed by atoms with E-state index in [9.17, 15) is 0 Å². The fourth-order valence-corrected chi connectivity index (χ4v) is 4.31. The van der Waals surface area contributed by atoms with Crippen LogP contribution in [0.2, 0.25) is 0 Å². The van der Waals surface area contributed by atoms with Gasteiger partial charge in [-0.25, -0.2) is 0 Å². The lowest BCUT2D eigenvalue weighted by Crippen LogP contribution is -2.36. The number of benzene rings is 1. The Morgan fingerprint density at radius 2 is 1.84 bits per heavy atom. The van der Waals surface area contributed by atoms with Crippen molar-refractivity contribution >= 4 is 35.3 Å². The average Bonchev–Trinajstić information content (AvgIpc) is 3.18. The zero-order valence-electron chi connectivity index (χ0n) is 19.0. The molecule has 0 amide bonds. The third-order valence-corrected chi connectivity index (χ3v) is 5.92. The van der Waals surface area contributed by atoms with E-state index >= 15 is 0 Å². The predicted molar refractivity (Wildman–Crippen MR) is 135 cm³/mol. The first-order valence-electron chi connectivity index (χ1n) is 11.3. The van der Waals surface area contributed by atoms with Gasteiger partial charge in [0.05, 0.1) is 19.4 Å². The summed E-state index contributed by atoms with van der Waals surface area (Å²) >= 11 is 5.21. The van der Waals surface area contributed by atoms with Gasteiger partial charge in [0.1, 0.15) is 0 Å². The maximum Gasteiger partial charge on any atom is 0.186 e. The summed E-state index contributed by atoms with van der Waals surface area (Å²) in [6.45, 7) is 12.6. The van der Waals surface area contributed by atoms with Crippen molar-refractivity contribution in [3.05, 3.63) is 46.7 Å². The summed E-state index contributed by atoms with van der Waals surface area (Å²) in [5.41, 5.74) is 9.35. The molecular formula is C24H35N5OS. The molecule has 0 atom stereocenters. The Hall–Kier alpha value is -2.38. The summed E-state index contributed by atoms with van der Waals surface area (Å²) in [6.07, 6.45) is 6.26. The van der Waals surface area contributed by atoms with Crippen molar-refractivity contribution in [2.24, 2.45) is 5.10 Å². The van der Waals surface area contributed by atoms with E-state index in [2.05, 4.69) is 69.8 Å². The average molecular weight is 442 g/mol. The van der Waals surface area contributed by atoms with Gasteiger partial charge < -0.3 is 19.9 Å². The number of nitrogens with zero attached hydrogens (tertiary/aromatic N) is 3. The third-order valence-electron chi connectivity index (χ3n) is 5.69. The van der Waals surface area contributed by atoms with Crippen molar-refractivity contribution in [1.29, 1.82) is 0 Å². The SMILES string of the molecule is CCNC(=S)NN=CC1=C(N2CCOCC2)C(=Cc2ccc(N(CC)CC)cc2)CC1. The molecular weight excluding hydrogens is 406 g/mol. The van der Waals surface area contributed by atoms with Gasteiger partial charge in [0.2, 0.25) is 0 Å². The molecule has 2 N–H and O–H groups in total. The zero-order valence-corrected chi connectivity index (χ0v) is 19.8. The van der Waals surface area contributed by atoms with Crippen LogP contribution in [0, 0.1) is 0 Å². The van der Waals surface area contributed by atoms with Crippen molar-refractivity contribution in [1.82, 2.24) is 15.6 Å². The molecule has 3 rings (SSSR count). The number of allylic oxidation sites excluding steroid dienone is 2. The number of hydrazone groups is 1. The topological polar surface area (TPSA) is 52.1 Å². The molecule has 0 spiro atoms. The number of morpholine rings is 1. The number of ether oxygens (including phenoxy) is 1. The summed E-state index contributed by atoms with van der Waals surface area (Å²) in [4.78, 5) is 4.81. The number of rotatable bonds is 8. The Bertz CT molecular complexity index is 821. The van der Waals surface area contributed by atoms with Gasteiger partial charge in [-0.1, -0.05) is 12.1 Å². The second-order valence-corrected chi connectivity index (χ2v) is 8.04. The van der Waals surface area contributed by atoms with Crippen molar-refractivity contribution in [3.8, 4) is 0 Å². The maximum absolute atomic E-state index is 5.58. The lowest BCUT2D eigenvalue weighted by molar-refractivity contribution is 0.0548. The van der Waals surface area contributed by atoms with Crippen molar-refractivity contribution in [2.75, 3.05) is 50.8 Å². The van der Waals surface area contributed by atoms with Crippen LogP contribution in [-0.4, -0.2) is 62.2 Å². The normalized spacial score (nSPS) is 18.2. The van der Waals surface area contributed by atoms with Crippen LogP contribution in [0.15, 0.2) is 46.2 Å². The molecule has 1 fully saturated rings. The standard InChI is InChI=1S/C24H35N5OS/c1-4-25-24(31)27-26-18-21-10-9-20(23(21)29-13-15-30-16-14-29)17-19-7-11-22(12-8-19)28(5-2)6-3/h7-8,11-12,17-18H,4-6,9-10,13-16H2,1-3H3,(H2,25,27,31). The highest BCUT2D eigenvalue weighted by atomic mass is 32.1. The summed E-state index contributed by atoms with van der Waals surface area (Å²) in [5.74, 6) is 0. The Morgan fingerprint density at radius 1 is 1.13 bits per heavy atom. The van der Waals surface area contributed by atoms with Crippen molar-refractivity contribution in [3.63, 3.8) is 0 Å². The molecule has 0 saturated carbocycles. The minimum Gasteiger partial charge on any atom is -0.378 e. The fraction of sp³-hybridized carbons (Fsp3) is 0.500. The van der Waals surface area contributed by atoms with Gasteiger partial charge in [-0.05, 0) is 80.7 Å². The van der Waals surface area contributed by atoms with Crippen molar-refractivity contribution in [2.45, 2.75) is 33.6 Å². The lowest BCUT2D eigenvalue weighted by Gasteiger charge is -2.31. The first-order valence-corrected chi connectivity index (χ1v) is 11.8. The van der Waals surface area contributed by atoms with E-state index in [1.807, 2.05) is 13.1 Å². The summed E-state index contributed by atoms with van der Waals surface area (Å²) in [5, 5.41) is 7.99. The zero-order chi connectivity index (χ0) is 22.1. The minimum atomic E-state index is 0.550. The van der Waals surface area contributed by atoms with Crippen LogP contribution in [0.5, 0.6) is 0 Å². The molecule has 0 radical (unpaired) electrons. The predicted octanol–water partition coefficient (Wildman–Crippen LogP) is 3.77. The Morgan fingerprint density at radius 3 is 2.48 bits per heavy atom. The van der Waals surface area contributed by atoms with Gasteiger partial charge in [0, 0.05) is 44.1 Å². The van der Waals surface area contributed by atoms with E-state index < -0.39 is 0 Å². The largest absolute Gasteiger partial charge is 0.378 e. The number of hydrogen-bond donors (Lipinski definition) is 2. The minimum absolute atomic E-state index is 0.550. The smallest absolute Gasteiger partial charge is 0.186 e. The van der Waals surface area contributed by atoms with Crippen molar-refractivity contribution < 1.29 is 4.74 Å². The van der Waals surface area contributed by atoms with E-state index in [1.54, 1.807) is 0 Å². The molecule has 1 aliphatic heterocycles. The molecule has 6 nitrogen and oxygen atoms in total. The molecule has 1 saturated heterocycles. The molecule has 1 aromatic carbocycles. The Balaban J connectivity index is 1.83. The highest BCUT2D eigenvalue weighted by Crippen LogP contribution is 2.35. The number of nitrogens with one attached hydrogen (secondary N) is 2. The monoisotopic (exact) mass is 441 g/mol. The van der Waals surface area contributed by atoms with Gasteiger partial charge in [0.15, 0.2) is 5.11 Å². The van der Waals surface area contributed by atoms with Gasteiger partial charge in [-0.3, -0.25) is 5.43 Å². The van der Waals surface area contributed by atoms with E-state index in [4.69, 9.17) is 17.0 Å². The molecule has 1 heterocycles. The van der Waals surface area contributed by atoms with Gasteiger partial charge in [-0.15, -0.1) is 0 Å². The number of thiocarbonyl (C=S) groups is 1. The summed E-state index contributed by atoms with van der Waals surface area (Å²) in [7, 11) is 0. The van der Waals surface area contributed by atoms with Crippen LogP contribution in [0.1, 0.15) is 39.2 Å². The molecule has 0 unspecified atom stereocenters. The Labute approximate surface area is 192 Å². The second-order valence-electron chi connectivity index (χ2n) is 7.64. The molecule has 31 heavy (non-hydrogen) atoms. The summed E-state index contributed by atoms with van der Waals surface area (Å²) < 4.78 is 5.58. The van der Waals surface area contributed by atoms with E-state index in [1.165, 1.54) is 28.1 Å². The molecule has 0 bridgehead atoms. The molecule has 0 aromatic heterocycles. The number of hydrogen-bond acceptors (Lipinski definition) is 5. The molecule has 2 aliphatic rings. The van der Waals surface area contributed by atoms with Crippen LogP contribution >= 0.6 is 12.2 Å². The maximum atomic E-state index is 5.58. The fourth-order valence-electron chi connectivity index (χ4n) is 4.11. The van der Waals surface area contributed by atoms with Gasteiger partial charge >= 0.3 is 0 Å². The quantitative estimate of drug-likeness (QED) is 0.364. The molecule has 1 aromatic rings. The van der Waals surface area contributed by atoms with Crippen LogP contribution in [0.4, 0.5) is 5.69 Å². The van der Waals surface area contributed by atoms with E-state index in [0.717, 1.165) is 58.8 Å². The van der Waals surface area contributed by atoms with E-state index in [-0.39, 0.29) is 0 Å². The molecule has 168 valence electrons. The first-order chi connectivity index (χ1) is 15.2. The summed E-state index contributed by atoms with van der Waals surface area (Å²) in [6, 6.07) is 8.89. The Kier molecular flexibility index (Phi) is 8.91. The molecule has 7 heteroatoms. The highest BCUT2D eigenvalue weighted by Gasteiger charge is 2.25. The van der Waals surface area contributed by atoms with Crippen LogP contribution in [0.3, 0.4) is 0 Å². The highest BCUT2D eigenvalue weighted by molar-refractivity contribution is 7.80. The first kappa shape index (κ1) is 23.3. The van der Waals surface area contributed by atoms with Crippen LogP contribution in [-0.2, 0) is 4.74 Å².